The fraction of sp³-hybridized carbons (Fsp3) is 0.294. The second-order valence-corrected chi connectivity index (χ2v) is 6.41. The predicted molar refractivity (Wildman–Crippen MR) is 90.4 cm³/mol. The van der Waals surface area contributed by atoms with Gasteiger partial charge in [-0.15, -0.1) is 11.3 Å². The highest BCUT2D eigenvalue weighted by Gasteiger charge is 2.14. The number of carbonyl (C=O) groups is 1. The average Bonchev–Trinajstić information content (AvgIpc) is 3.07. The first kappa shape index (κ1) is 14.8. The van der Waals surface area contributed by atoms with Crippen molar-refractivity contribution in [1.29, 1.82) is 0 Å². The Morgan fingerprint density at radius 2 is 2.09 bits per heavy atom. The molecule has 114 valence electrons. The number of fused-ring (bicyclic) bond motifs is 1. The van der Waals surface area contributed by atoms with Crippen molar-refractivity contribution in [3.05, 3.63) is 52.5 Å². The monoisotopic (exact) mass is 313 g/mol. The SMILES string of the molecule is Cc1nn(C)c2sc(C(=O)NCCCc3ccccc3)cc12. The van der Waals surface area contributed by atoms with Gasteiger partial charge in [-0.2, -0.15) is 5.10 Å². The third kappa shape index (κ3) is 3.04. The van der Waals surface area contributed by atoms with E-state index in [2.05, 4.69) is 22.5 Å². The van der Waals surface area contributed by atoms with Crippen LogP contribution in [-0.4, -0.2) is 22.2 Å². The average molecular weight is 313 g/mol. The topological polar surface area (TPSA) is 46.9 Å². The summed E-state index contributed by atoms with van der Waals surface area (Å²) in [6.45, 7) is 2.66. The molecule has 0 spiro atoms. The van der Waals surface area contributed by atoms with Crippen LogP contribution in [0.15, 0.2) is 36.4 Å². The lowest BCUT2D eigenvalue weighted by atomic mass is 10.1. The largest absolute Gasteiger partial charge is 0.351 e. The molecular weight excluding hydrogens is 294 g/mol. The normalized spacial score (nSPS) is 11.0. The van der Waals surface area contributed by atoms with Crippen molar-refractivity contribution < 1.29 is 4.79 Å². The summed E-state index contributed by atoms with van der Waals surface area (Å²) in [7, 11) is 1.91. The number of aryl methyl sites for hydroxylation is 3. The molecule has 0 saturated carbocycles. The Morgan fingerprint density at radius 3 is 2.82 bits per heavy atom. The van der Waals surface area contributed by atoms with Crippen LogP contribution < -0.4 is 5.32 Å². The summed E-state index contributed by atoms with van der Waals surface area (Å²) >= 11 is 1.50. The highest BCUT2D eigenvalue weighted by molar-refractivity contribution is 7.20. The van der Waals surface area contributed by atoms with Gasteiger partial charge >= 0.3 is 0 Å². The van der Waals surface area contributed by atoms with Crippen molar-refractivity contribution in [3.63, 3.8) is 0 Å². The molecule has 0 aliphatic heterocycles. The Balaban J connectivity index is 1.56. The summed E-state index contributed by atoms with van der Waals surface area (Å²) in [6.07, 6.45) is 1.93. The van der Waals surface area contributed by atoms with Crippen molar-refractivity contribution in [2.75, 3.05) is 6.54 Å². The Hall–Kier alpha value is -2.14. The molecular formula is C17H19N3OS. The number of aromatic nitrogens is 2. The maximum atomic E-state index is 12.2. The van der Waals surface area contributed by atoms with E-state index in [0.717, 1.165) is 33.6 Å². The summed E-state index contributed by atoms with van der Waals surface area (Å²) in [5.74, 6) is 0.00802. The summed E-state index contributed by atoms with van der Waals surface area (Å²) in [5.41, 5.74) is 2.28. The van der Waals surface area contributed by atoms with Crippen molar-refractivity contribution in [1.82, 2.24) is 15.1 Å². The Kier molecular flexibility index (Phi) is 4.24. The summed E-state index contributed by atoms with van der Waals surface area (Å²) in [5, 5.41) is 8.43. The van der Waals surface area contributed by atoms with Crippen molar-refractivity contribution in [3.8, 4) is 0 Å². The second-order valence-electron chi connectivity index (χ2n) is 5.38. The highest BCUT2D eigenvalue weighted by Crippen LogP contribution is 2.27. The number of hydrogen-bond acceptors (Lipinski definition) is 3. The van der Waals surface area contributed by atoms with Gasteiger partial charge in [-0.3, -0.25) is 9.48 Å². The molecule has 1 N–H and O–H groups in total. The van der Waals surface area contributed by atoms with E-state index in [4.69, 9.17) is 0 Å². The molecule has 0 bridgehead atoms. The number of amides is 1. The smallest absolute Gasteiger partial charge is 0.261 e. The van der Waals surface area contributed by atoms with Gasteiger partial charge < -0.3 is 5.32 Å². The van der Waals surface area contributed by atoms with Gasteiger partial charge in [-0.25, -0.2) is 0 Å². The molecule has 0 atom stereocenters. The van der Waals surface area contributed by atoms with Crippen LogP contribution in [0.4, 0.5) is 0 Å². The molecule has 3 aromatic rings. The van der Waals surface area contributed by atoms with Gasteiger partial charge in [0.1, 0.15) is 4.83 Å². The molecule has 0 fully saturated rings. The van der Waals surface area contributed by atoms with Crippen LogP contribution in [0, 0.1) is 6.92 Å². The van der Waals surface area contributed by atoms with Gasteiger partial charge in [-0.1, -0.05) is 30.3 Å². The first-order valence-electron chi connectivity index (χ1n) is 7.40. The van der Waals surface area contributed by atoms with E-state index in [0.29, 0.717) is 6.54 Å². The van der Waals surface area contributed by atoms with Crippen LogP contribution in [0.25, 0.3) is 10.2 Å². The Bertz CT molecular complexity index is 754. The maximum Gasteiger partial charge on any atom is 0.261 e. The Morgan fingerprint density at radius 1 is 1.32 bits per heavy atom. The van der Waals surface area contributed by atoms with Gasteiger partial charge in [-0.05, 0) is 31.4 Å². The molecule has 0 unspecified atom stereocenters. The fourth-order valence-corrected chi connectivity index (χ4v) is 3.58. The van der Waals surface area contributed by atoms with Crippen LogP contribution in [0.2, 0.25) is 0 Å². The third-order valence-electron chi connectivity index (χ3n) is 3.69. The molecule has 2 heterocycles. The molecule has 0 aliphatic rings. The van der Waals surface area contributed by atoms with Gasteiger partial charge in [0.05, 0.1) is 10.6 Å². The summed E-state index contributed by atoms with van der Waals surface area (Å²) in [6, 6.07) is 12.3. The fourth-order valence-electron chi connectivity index (χ4n) is 2.54. The molecule has 5 heteroatoms. The number of nitrogens with one attached hydrogen (secondary N) is 1. The molecule has 4 nitrogen and oxygen atoms in total. The number of nitrogens with zero attached hydrogens (tertiary/aromatic N) is 2. The zero-order valence-electron chi connectivity index (χ0n) is 12.8. The van der Waals surface area contributed by atoms with E-state index in [1.165, 1.54) is 16.9 Å². The molecule has 0 aliphatic carbocycles. The van der Waals surface area contributed by atoms with E-state index >= 15 is 0 Å². The quantitative estimate of drug-likeness (QED) is 0.735. The summed E-state index contributed by atoms with van der Waals surface area (Å²) < 4.78 is 1.83. The van der Waals surface area contributed by atoms with Gasteiger partial charge in [0.2, 0.25) is 0 Å². The standard InChI is InChI=1S/C17H19N3OS/c1-12-14-11-15(22-17(14)20(2)19-12)16(21)18-10-6-9-13-7-4-3-5-8-13/h3-5,7-8,11H,6,9-10H2,1-2H3,(H,18,21). The zero-order valence-corrected chi connectivity index (χ0v) is 13.6. The number of rotatable bonds is 5. The number of thiophene rings is 1. The minimum absolute atomic E-state index is 0.00802. The van der Waals surface area contributed by atoms with E-state index in [-0.39, 0.29) is 5.91 Å². The van der Waals surface area contributed by atoms with Crippen molar-refractivity contribution in [2.24, 2.45) is 7.05 Å². The van der Waals surface area contributed by atoms with Crippen LogP contribution in [0.1, 0.15) is 27.3 Å². The Labute approximate surface area is 133 Å². The number of benzene rings is 1. The lowest BCUT2D eigenvalue weighted by molar-refractivity contribution is 0.0957. The lowest BCUT2D eigenvalue weighted by Gasteiger charge is -2.04. The molecule has 0 radical (unpaired) electrons. The molecule has 0 saturated heterocycles. The van der Waals surface area contributed by atoms with E-state index in [1.807, 2.05) is 42.9 Å². The molecule has 2 aromatic heterocycles. The third-order valence-corrected chi connectivity index (χ3v) is 4.89. The second kappa shape index (κ2) is 6.32. The minimum atomic E-state index is 0.00802. The van der Waals surface area contributed by atoms with Gasteiger partial charge in [0.25, 0.3) is 5.91 Å². The highest BCUT2D eigenvalue weighted by atomic mass is 32.1. The van der Waals surface area contributed by atoms with E-state index in [1.54, 1.807) is 0 Å². The van der Waals surface area contributed by atoms with E-state index in [9.17, 15) is 4.79 Å². The van der Waals surface area contributed by atoms with Crippen LogP contribution in [0.5, 0.6) is 0 Å². The van der Waals surface area contributed by atoms with Crippen LogP contribution in [0.3, 0.4) is 0 Å². The van der Waals surface area contributed by atoms with Crippen LogP contribution >= 0.6 is 11.3 Å². The molecule has 3 rings (SSSR count). The van der Waals surface area contributed by atoms with Gasteiger partial charge in [0, 0.05) is 19.0 Å². The maximum absolute atomic E-state index is 12.2. The number of carbonyl (C=O) groups excluding carboxylic acids is 1. The van der Waals surface area contributed by atoms with Crippen molar-refractivity contribution >= 4 is 27.5 Å². The summed E-state index contributed by atoms with van der Waals surface area (Å²) in [4.78, 5) is 14.0. The van der Waals surface area contributed by atoms with Gasteiger partial charge in [0.15, 0.2) is 0 Å². The number of hydrogen-bond donors (Lipinski definition) is 1. The lowest BCUT2D eigenvalue weighted by Crippen LogP contribution is -2.23. The minimum Gasteiger partial charge on any atom is -0.351 e. The first-order chi connectivity index (χ1) is 10.6. The molecule has 1 aromatic carbocycles. The van der Waals surface area contributed by atoms with E-state index < -0.39 is 0 Å². The van der Waals surface area contributed by atoms with Crippen molar-refractivity contribution in [2.45, 2.75) is 19.8 Å². The first-order valence-corrected chi connectivity index (χ1v) is 8.22. The predicted octanol–water partition coefficient (Wildman–Crippen LogP) is 3.31. The van der Waals surface area contributed by atoms with Crippen LogP contribution in [-0.2, 0) is 13.5 Å². The zero-order chi connectivity index (χ0) is 15.5. The molecule has 1 amide bonds. The molecule has 22 heavy (non-hydrogen) atoms.